The minimum absolute atomic E-state index is 0.762. The van der Waals surface area contributed by atoms with E-state index in [4.69, 9.17) is 9.97 Å². The smallest absolute Gasteiger partial charge is 0.229 e. The summed E-state index contributed by atoms with van der Waals surface area (Å²) in [4.78, 5) is 14.3. The van der Waals surface area contributed by atoms with Gasteiger partial charge in [-0.3, -0.25) is 5.43 Å². The van der Waals surface area contributed by atoms with E-state index in [9.17, 15) is 0 Å². The first-order valence-corrected chi connectivity index (χ1v) is 10.1. The zero-order chi connectivity index (χ0) is 18.3. The van der Waals surface area contributed by atoms with Crippen LogP contribution in [-0.2, 0) is 0 Å². The second kappa shape index (κ2) is 8.84. The van der Waals surface area contributed by atoms with E-state index < -0.39 is 0 Å². The van der Waals surface area contributed by atoms with Crippen molar-refractivity contribution in [1.29, 1.82) is 0 Å². The molecule has 0 aliphatic carbocycles. The van der Waals surface area contributed by atoms with E-state index in [2.05, 4.69) is 20.3 Å². The normalized spacial score (nSPS) is 18.1. The van der Waals surface area contributed by atoms with Crippen molar-refractivity contribution in [2.75, 3.05) is 41.4 Å². The van der Waals surface area contributed by atoms with Gasteiger partial charge in [-0.1, -0.05) is 30.3 Å². The summed E-state index contributed by atoms with van der Waals surface area (Å²) in [7, 11) is 0. The van der Waals surface area contributed by atoms with Gasteiger partial charge in [-0.2, -0.15) is 15.1 Å². The van der Waals surface area contributed by atoms with Crippen molar-refractivity contribution in [2.24, 2.45) is 5.10 Å². The molecule has 0 unspecified atom stereocenters. The van der Waals surface area contributed by atoms with Gasteiger partial charge in [-0.05, 0) is 44.1 Å². The van der Waals surface area contributed by atoms with Gasteiger partial charge in [-0.25, -0.2) is 0 Å². The third-order valence-electron chi connectivity index (χ3n) is 5.21. The Morgan fingerprint density at radius 2 is 1.48 bits per heavy atom. The highest BCUT2D eigenvalue weighted by Crippen LogP contribution is 2.25. The summed E-state index contributed by atoms with van der Waals surface area (Å²) in [6, 6.07) is 12.1. The number of benzene rings is 1. The van der Waals surface area contributed by atoms with Gasteiger partial charge >= 0.3 is 0 Å². The molecule has 2 aliphatic rings. The molecule has 4 rings (SSSR count). The number of piperidine rings is 2. The Morgan fingerprint density at radius 3 is 2.19 bits per heavy atom. The zero-order valence-electron chi connectivity index (χ0n) is 15.8. The maximum atomic E-state index is 4.90. The minimum atomic E-state index is 0.762. The van der Waals surface area contributed by atoms with E-state index in [1.807, 2.05) is 42.6 Å². The minimum Gasteiger partial charge on any atom is -0.356 e. The number of nitrogens with one attached hydrogen (secondary N) is 1. The predicted molar refractivity (Wildman–Crippen MR) is 112 cm³/mol. The monoisotopic (exact) mass is 364 g/mol. The van der Waals surface area contributed by atoms with Crippen molar-refractivity contribution < 1.29 is 0 Å². The van der Waals surface area contributed by atoms with Crippen LogP contribution in [0.25, 0.3) is 0 Å². The highest BCUT2D eigenvalue weighted by atomic mass is 15.4. The molecule has 2 aromatic rings. The summed E-state index contributed by atoms with van der Waals surface area (Å²) in [6.07, 6.45) is 9.33. The molecule has 0 bridgehead atoms. The fourth-order valence-corrected chi connectivity index (χ4v) is 3.71. The predicted octanol–water partition coefficient (Wildman–Crippen LogP) is 3.90. The van der Waals surface area contributed by atoms with Gasteiger partial charge in [0.05, 0.1) is 6.21 Å². The van der Waals surface area contributed by atoms with Gasteiger partial charge in [0.15, 0.2) is 5.82 Å². The molecule has 3 heterocycles. The standard InChI is InChI=1S/C21H28N6/c1-4-10-18(11-5-1)17-22-25-19-16-20(26-12-6-2-7-13-26)24-21(23-19)27-14-8-3-9-15-27/h1,4-5,10-11,16-17H,2-3,6-9,12-15H2,(H,23,24,25)/b22-17+. The molecule has 0 atom stereocenters. The average Bonchev–Trinajstić information content (AvgIpc) is 2.76. The Hall–Kier alpha value is -2.63. The second-order valence-corrected chi connectivity index (χ2v) is 7.29. The summed E-state index contributed by atoms with van der Waals surface area (Å²) < 4.78 is 0. The van der Waals surface area contributed by atoms with Gasteiger partial charge in [0.25, 0.3) is 0 Å². The summed E-state index contributed by atoms with van der Waals surface area (Å²) in [5, 5.41) is 4.38. The summed E-state index contributed by atoms with van der Waals surface area (Å²) >= 11 is 0. The van der Waals surface area contributed by atoms with E-state index in [0.29, 0.717) is 0 Å². The summed E-state index contributed by atoms with van der Waals surface area (Å²) in [6.45, 7) is 4.22. The lowest BCUT2D eigenvalue weighted by Crippen LogP contribution is -2.33. The van der Waals surface area contributed by atoms with Crippen LogP contribution in [0.15, 0.2) is 41.5 Å². The van der Waals surface area contributed by atoms with Crippen molar-refractivity contribution in [1.82, 2.24) is 9.97 Å². The van der Waals surface area contributed by atoms with Crippen molar-refractivity contribution in [2.45, 2.75) is 38.5 Å². The molecule has 0 amide bonds. The van der Waals surface area contributed by atoms with Crippen LogP contribution < -0.4 is 15.2 Å². The number of rotatable bonds is 5. The highest BCUT2D eigenvalue weighted by molar-refractivity contribution is 5.80. The molecule has 1 N–H and O–H groups in total. The average molecular weight is 364 g/mol. The van der Waals surface area contributed by atoms with E-state index in [0.717, 1.165) is 49.3 Å². The topological polar surface area (TPSA) is 56.7 Å². The number of hydrogen-bond donors (Lipinski definition) is 1. The molecule has 2 saturated heterocycles. The zero-order valence-corrected chi connectivity index (χ0v) is 15.8. The third-order valence-corrected chi connectivity index (χ3v) is 5.21. The molecule has 27 heavy (non-hydrogen) atoms. The lowest BCUT2D eigenvalue weighted by molar-refractivity contribution is 0.561. The molecule has 2 aliphatic heterocycles. The number of anilines is 3. The van der Waals surface area contributed by atoms with E-state index in [1.54, 1.807) is 0 Å². The van der Waals surface area contributed by atoms with Gasteiger partial charge in [0.2, 0.25) is 5.95 Å². The van der Waals surface area contributed by atoms with E-state index in [1.165, 1.54) is 38.5 Å². The van der Waals surface area contributed by atoms with Gasteiger partial charge in [0.1, 0.15) is 5.82 Å². The fraction of sp³-hybridized carbons (Fsp3) is 0.476. The maximum absolute atomic E-state index is 4.90. The molecule has 1 aromatic heterocycles. The number of hydrazone groups is 1. The lowest BCUT2D eigenvalue weighted by Gasteiger charge is -2.31. The quantitative estimate of drug-likeness (QED) is 0.644. The SMILES string of the molecule is C(=N\Nc1cc(N2CCCCC2)nc(N2CCCCC2)n1)/c1ccccc1. The molecular weight excluding hydrogens is 336 g/mol. The molecule has 2 fully saturated rings. The van der Waals surface area contributed by atoms with Crippen LogP contribution in [0.4, 0.5) is 17.6 Å². The van der Waals surface area contributed by atoms with E-state index in [-0.39, 0.29) is 0 Å². The van der Waals surface area contributed by atoms with Crippen LogP contribution in [-0.4, -0.2) is 42.4 Å². The van der Waals surface area contributed by atoms with Crippen molar-refractivity contribution in [3.8, 4) is 0 Å². The molecule has 6 nitrogen and oxygen atoms in total. The van der Waals surface area contributed by atoms with Crippen molar-refractivity contribution in [3.63, 3.8) is 0 Å². The van der Waals surface area contributed by atoms with Gasteiger partial charge in [0, 0.05) is 32.2 Å². The Kier molecular flexibility index (Phi) is 5.82. The van der Waals surface area contributed by atoms with Crippen LogP contribution in [0.2, 0.25) is 0 Å². The third kappa shape index (κ3) is 4.76. The Labute approximate surface area is 161 Å². The van der Waals surface area contributed by atoms with Crippen molar-refractivity contribution in [3.05, 3.63) is 42.0 Å². The Balaban J connectivity index is 1.55. The largest absolute Gasteiger partial charge is 0.356 e. The second-order valence-electron chi connectivity index (χ2n) is 7.29. The maximum Gasteiger partial charge on any atom is 0.229 e. The van der Waals surface area contributed by atoms with Crippen LogP contribution >= 0.6 is 0 Å². The summed E-state index contributed by atoms with van der Waals surface area (Å²) in [5.74, 6) is 2.61. The van der Waals surface area contributed by atoms with Crippen LogP contribution in [0, 0.1) is 0 Å². The first-order chi connectivity index (χ1) is 13.4. The Bertz CT molecular complexity index is 712. The molecular formula is C21H28N6. The van der Waals surface area contributed by atoms with Crippen molar-refractivity contribution >= 4 is 23.8 Å². The van der Waals surface area contributed by atoms with Crippen LogP contribution in [0.1, 0.15) is 44.1 Å². The molecule has 0 spiro atoms. The van der Waals surface area contributed by atoms with E-state index >= 15 is 0 Å². The molecule has 0 saturated carbocycles. The highest BCUT2D eigenvalue weighted by Gasteiger charge is 2.19. The van der Waals surface area contributed by atoms with Gasteiger partial charge < -0.3 is 9.80 Å². The first kappa shape index (κ1) is 17.8. The molecule has 1 aromatic carbocycles. The van der Waals surface area contributed by atoms with Crippen LogP contribution in [0.5, 0.6) is 0 Å². The van der Waals surface area contributed by atoms with Gasteiger partial charge in [-0.15, -0.1) is 0 Å². The molecule has 0 radical (unpaired) electrons. The fourth-order valence-electron chi connectivity index (χ4n) is 3.71. The number of aromatic nitrogens is 2. The number of nitrogens with zero attached hydrogens (tertiary/aromatic N) is 5. The van der Waals surface area contributed by atoms with Crippen LogP contribution in [0.3, 0.4) is 0 Å². The first-order valence-electron chi connectivity index (χ1n) is 10.1. The Morgan fingerprint density at radius 1 is 0.815 bits per heavy atom. The summed E-state index contributed by atoms with van der Waals surface area (Å²) in [5.41, 5.74) is 4.18. The lowest BCUT2D eigenvalue weighted by atomic mass is 10.1. The molecule has 6 heteroatoms. The molecule has 142 valence electrons. The number of hydrogen-bond acceptors (Lipinski definition) is 6.